The Labute approximate surface area is 233 Å². The summed E-state index contributed by atoms with van der Waals surface area (Å²) in [6, 6.07) is 6.49. The Balaban J connectivity index is 1.51. The van der Waals surface area contributed by atoms with E-state index in [2.05, 4.69) is 38.7 Å². The number of phosphoric acid groups is 3. The van der Waals surface area contributed by atoms with E-state index in [9.17, 15) is 43.3 Å². The summed E-state index contributed by atoms with van der Waals surface area (Å²) in [5.74, 6) is -0.935. The van der Waals surface area contributed by atoms with Gasteiger partial charge in [-0.05, 0) is 12.1 Å². The Bertz CT molecular complexity index is 1690. The molecule has 9 N–H and O–H groups in total. The van der Waals surface area contributed by atoms with Gasteiger partial charge in [0.25, 0.3) is 11.5 Å². The SMILES string of the molecule is CNc1ccccc1C(=O)Nc1nc2c(ncn2[C@@H]2O[C@H](COP(=O)(O)OP(=O)(O)OP(=O)(O)O)[C@@H](O)[C@H]2O)c(=O)[nH]1. The molecule has 1 amide bonds. The number of aromatic nitrogens is 4. The molecular formula is C18H23N6O15P3. The second kappa shape index (κ2) is 12.0. The van der Waals surface area contributed by atoms with Crippen LogP contribution in [0.3, 0.4) is 0 Å². The molecule has 0 spiro atoms. The van der Waals surface area contributed by atoms with Gasteiger partial charge in [0, 0.05) is 12.7 Å². The number of para-hydroxylation sites is 1. The molecule has 0 saturated carbocycles. The largest absolute Gasteiger partial charge is 0.490 e. The predicted octanol–water partition coefficient (Wildman–Crippen LogP) is -0.624. The normalized spacial score (nSPS) is 23.8. The number of rotatable bonds is 11. The molecule has 2 aromatic heterocycles. The molecule has 42 heavy (non-hydrogen) atoms. The van der Waals surface area contributed by atoms with E-state index in [0.717, 1.165) is 10.9 Å². The first-order valence-electron chi connectivity index (χ1n) is 11.3. The molecule has 1 fully saturated rings. The number of carbonyl (C=O) groups excluding carboxylic acids is 1. The van der Waals surface area contributed by atoms with Crippen molar-refractivity contribution in [2.75, 3.05) is 24.3 Å². The minimum Gasteiger partial charge on any atom is -0.387 e. The molecule has 1 aliphatic rings. The van der Waals surface area contributed by atoms with Crippen LogP contribution in [-0.2, 0) is 31.6 Å². The van der Waals surface area contributed by atoms with Crippen LogP contribution in [0.5, 0.6) is 0 Å². The van der Waals surface area contributed by atoms with Crippen molar-refractivity contribution < 1.29 is 66.2 Å². The highest BCUT2D eigenvalue weighted by Gasteiger charge is 2.47. The molecule has 4 rings (SSSR count). The lowest BCUT2D eigenvalue weighted by Crippen LogP contribution is -2.33. The number of imidazole rings is 1. The average molecular weight is 656 g/mol. The van der Waals surface area contributed by atoms with E-state index in [1.165, 1.54) is 6.07 Å². The molecule has 1 aromatic carbocycles. The number of aromatic amines is 1. The number of anilines is 2. The van der Waals surface area contributed by atoms with Crippen LogP contribution in [0.1, 0.15) is 16.6 Å². The van der Waals surface area contributed by atoms with Gasteiger partial charge in [-0.25, -0.2) is 18.7 Å². The molecular weight excluding hydrogens is 633 g/mol. The van der Waals surface area contributed by atoms with Crippen LogP contribution in [0.2, 0.25) is 0 Å². The van der Waals surface area contributed by atoms with Crippen molar-refractivity contribution in [3.63, 3.8) is 0 Å². The van der Waals surface area contributed by atoms with Gasteiger partial charge in [-0.3, -0.25) is 29.0 Å². The lowest BCUT2D eigenvalue weighted by atomic mass is 10.1. The summed E-state index contributed by atoms with van der Waals surface area (Å²) in [6.45, 7) is -1.06. The fourth-order valence-corrected chi connectivity index (χ4v) is 6.84. The van der Waals surface area contributed by atoms with Crippen LogP contribution >= 0.6 is 23.5 Å². The standard InChI is InChI=1S/C18H23N6O15P3/c1-19-9-5-3-2-4-8(9)15(27)22-18-21-14-11(16(28)23-18)20-7-24(14)17-13(26)12(25)10(37-17)6-36-41(32,33)39-42(34,35)38-40(29,30)31/h2-5,7,10,12-13,17,19,25-26H,6H2,1H3,(H,32,33)(H,34,35)(H2,29,30,31)(H2,21,22,23,27,28)/t10-,12-,13-,17-/m1/s1. The van der Waals surface area contributed by atoms with Crippen molar-refractivity contribution in [3.05, 3.63) is 46.5 Å². The molecule has 3 aromatic rings. The van der Waals surface area contributed by atoms with E-state index in [1.54, 1.807) is 25.2 Å². The summed E-state index contributed by atoms with van der Waals surface area (Å²) >= 11 is 0. The van der Waals surface area contributed by atoms with Gasteiger partial charge in [0.05, 0.1) is 18.5 Å². The van der Waals surface area contributed by atoms with Gasteiger partial charge in [-0.15, -0.1) is 0 Å². The summed E-state index contributed by atoms with van der Waals surface area (Å²) in [6.07, 6.45) is -5.70. The predicted molar refractivity (Wildman–Crippen MR) is 138 cm³/mol. The highest BCUT2D eigenvalue weighted by Crippen LogP contribution is 2.66. The molecule has 0 aliphatic carbocycles. The molecule has 2 unspecified atom stereocenters. The number of amides is 1. The smallest absolute Gasteiger partial charge is 0.387 e. The Hall–Kier alpha value is -2.87. The zero-order valence-electron chi connectivity index (χ0n) is 20.9. The van der Waals surface area contributed by atoms with Gasteiger partial charge in [-0.2, -0.15) is 13.6 Å². The number of aliphatic hydroxyl groups excluding tert-OH is 2. The van der Waals surface area contributed by atoms with E-state index >= 15 is 0 Å². The van der Waals surface area contributed by atoms with Gasteiger partial charge >= 0.3 is 23.5 Å². The molecule has 0 bridgehead atoms. The van der Waals surface area contributed by atoms with Crippen molar-refractivity contribution in [1.29, 1.82) is 0 Å². The molecule has 1 aliphatic heterocycles. The van der Waals surface area contributed by atoms with Crippen LogP contribution in [0, 0.1) is 0 Å². The number of hydrogen-bond acceptors (Lipinski definition) is 14. The minimum absolute atomic E-state index is 0.208. The molecule has 6 atom stereocenters. The summed E-state index contributed by atoms with van der Waals surface area (Å²) in [4.78, 5) is 71.9. The molecule has 1 saturated heterocycles. The van der Waals surface area contributed by atoms with Crippen molar-refractivity contribution in [3.8, 4) is 0 Å². The zero-order valence-corrected chi connectivity index (χ0v) is 23.6. The third kappa shape index (κ3) is 7.36. The van der Waals surface area contributed by atoms with Crippen LogP contribution in [0.25, 0.3) is 11.2 Å². The second-order valence-corrected chi connectivity index (χ2v) is 12.8. The molecule has 24 heteroatoms. The van der Waals surface area contributed by atoms with E-state index in [4.69, 9.17) is 14.5 Å². The van der Waals surface area contributed by atoms with Gasteiger partial charge < -0.3 is 39.8 Å². The van der Waals surface area contributed by atoms with Crippen molar-refractivity contribution in [2.24, 2.45) is 0 Å². The fourth-order valence-electron chi connectivity index (χ4n) is 3.81. The highest BCUT2D eigenvalue weighted by atomic mass is 31.3. The lowest BCUT2D eigenvalue weighted by molar-refractivity contribution is -0.0503. The van der Waals surface area contributed by atoms with Gasteiger partial charge in [0.1, 0.15) is 18.3 Å². The number of nitrogens with one attached hydrogen (secondary N) is 3. The van der Waals surface area contributed by atoms with Gasteiger partial charge in [0.15, 0.2) is 17.4 Å². The first kappa shape index (κ1) is 32.1. The van der Waals surface area contributed by atoms with E-state index < -0.39 is 66.1 Å². The van der Waals surface area contributed by atoms with Crippen LogP contribution < -0.4 is 16.2 Å². The monoisotopic (exact) mass is 656 g/mol. The average Bonchev–Trinajstić information content (AvgIpc) is 3.41. The first-order chi connectivity index (χ1) is 19.5. The van der Waals surface area contributed by atoms with Crippen molar-refractivity contribution in [1.82, 2.24) is 19.5 Å². The van der Waals surface area contributed by atoms with Crippen LogP contribution in [-0.4, -0.2) is 87.2 Å². The highest BCUT2D eigenvalue weighted by molar-refractivity contribution is 7.66. The summed E-state index contributed by atoms with van der Waals surface area (Å²) in [7, 11) is -15.3. The maximum Gasteiger partial charge on any atom is 0.490 e. The third-order valence-electron chi connectivity index (χ3n) is 5.53. The number of ether oxygens (including phenoxy) is 1. The summed E-state index contributed by atoms with van der Waals surface area (Å²) in [5.41, 5.74) is -0.519. The van der Waals surface area contributed by atoms with E-state index in [0.29, 0.717) is 5.69 Å². The number of H-pyrrole nitrogens is 1. The topological polar surface area (TPSA) is 314 Å². The van der Waals surface area contributed by atoms with Crippen molar-refractivity contribution >= 4 is 52.2 Å². The Morgan fingerprint density at radius 3 is 2.45 bits per heavy atom. The summed E-state index contributed by atoms with van der Waals surface area (Å²) in [5, 5.41) is 26.3. The number of carbonyl (C=O) groups is 1. The summed E-state index contributed by atoms with van der Waals surface area (Å²) < 4.78 is 52.4. The number of hydrogen-bond donors (Lipinski definition) is 9. The molecule has 21 nitrogen and oxygen atoms in total. The Morgan fingerprint density at radius 2 is 1.79 bits per heavy atom. The van der Waals surface area contributed by atoms with Crippen molar-refractivity contribution in [2.45, 2.75) is 24.5 Å². The second-order valence-electron chi connectivity index (χ2n) is 8.42. The van der Waals surface area contributed by atoms with Gasteiger partial charge in [-0.1, -0.05) is 12.1 Å². The Kier molecular flexibility index (Phi) is 9.17. The molecule has 3 heterocycles. The number of benzene rings is 1. The number of phosphoric ester groups is 1. The number of aliphatic hydroxyl groups is 2. The molecule has 230 valence electrons. The maximum absolute atomic E-state index is 12.8. The van der Waals surface area contributed by atoms with Gasteiger partial charge in [0.2, 0.25) is 5.95 Å². The van der Waals surface area contributed by atoms with Crippen LogP contribution in [0.4, 0.5) is 11.6 Å². The lowest BCUT2D eigenvalue weighted by Gasteiger charge is -2.19. The quantitative estimate of drug-likeness (QED) is 0.116. The maximum atomic E-state index is 12.8. The number of fused-ring (bicyclic) bond motifs is 1. The zero-order chi connectivity index (χ0) is 31.0. The molecule has 0 radical (unpaired) electrons. The number of nitrogens with zero attached hydrogens (tertiary/aromatic N) is 3. The van der Waals surface area contributed by atoms with E-state index in [1.807, 2.05) is 0 Å². The third-order valence-corrected chi connectivity index (χ3v) is 9.34. The van der Waals surface area contributed by atoms with E-state index in [-0.39, 0.29) is 22.7 Å². The van der Waals surface area contributed by atoms with Crippen LogP contribution in [0.15, 0.2) is 35.4 Å². The Morgan fingerprint density at radius 1 is 1.10 bits per heavy atom. The minimum atomic E-state index is -5.79. The first-order valence-corrected chi connectivity index (χ1v) is 15.9. The fraction of sp³-hybridized carbons (Fsp3) is 0.333.